The van der Waals surface area contributed by atoms with Crippen LogP contribution in [0.2, 0.25) is 0 Å². The number of carboxylic acids is 1. The molecule has 0 saturated carbocycles. The molecule has 0 radical (unpaired) electrons. The molecule has 76 valence electrons. The summed E-state index contributed by atoms with van der Waals surface area (Å²) in [6, 6.07) is 3.63. The number of aliphatic carboxylic acids is 1. The lowest BCUT2D eigenvalue weighted by Crippen LogP contribution is -2.32. The van der Waals surface area contributed by atoms with E-state index < -0.39 is 17.8 Å². The summed E-state index contributed by atoms with van der Waals surface area (Å²) < 4.78 is 13.6. The summed E-state index contributed by atoms with van der Waals surface area (Å²) in [5, 5.41) is 8.54. The second kappa shape index (κ2) is 4.52. The fraction of sp³-hybridized carbons (Fsp3) is 0.222. The monoisotopic (exact) mass is 261 g/mol. The van der Waals surface area contributed by atoms with Gasteiger partial charge in [-0.05, 0) is 27.6 Å². The molecule has 0 heterocycles. The van der Waals surface area contributed by atoms with Gasteiger partial charge in [0.05, 0.1) is 4.47 Å². The molecule has 0 saturated heterocycles. The predicted octanol–water partition coefficient (Wildman–Crippen LogP) is 1.54. The highest BCUT2D eigenvalue weighted by molar-refractivity contribution is 9.10. The van der Waals surface area contributed by atoms with Gasteiger partial charge >= 0.3 is 5.97 Å². The Kier molecular flexibility index (Phi) is 3.60. The lowest BCUT2D eigenvalue weighted by molar-refractivity contribution is -0.138. The van der Waals surface area contributed by atoms with E-state index in [1.165, 1.54) is 6.07 Å². The van der Waals surface area contributed by atoms with E-state index in [4.69, 9.17) is 10.8 Å². The summed E-state index contributed by atoms with van der Waals surface area (Å²) in [4.78, 5) is 10.4. The normalized spacial score (nSPS) is 12.5. The van der Waals surface area contributed by atoms with Crippen LogP contribution in [-0.2, 0) is 11.2 Å². The van der Waals surface area contributed by atoms with Gasteiger partial charge in [-0.25, -0.2) is 4.39 Å². The van der Waals surface area contributed by atoms with Crippen LogP contribution in [0.25, 0.3) is 0 Å². The van der Waals surface area contributed by atoms with Crippen molar-refractivity contribution < 1.29 is 14.3 Å². The van der Waals surface area contributed by atoms with E-state index in [-0.39, 0.29) is 6.42 Å². The first-order valence-electron chi connectivity index (χ1n) is 3.93. The number of benzene rings is 1. The van der Waals surface area contributed by atoms with Crippen LogP contribution in [-0.4, -0.2) is 17.1 Å². The highest BCUT2D eigenvalue weighted by Crippen LogP contribution is 2.19. The fourth-order valence-electron chi connectivity index (χ4n) is 1.03. The lowest BCUT2D eigenvalue weighted by atomic mass is 10.1. The van der Waals surface area contributed by atoms with Gasteiger partial charge < -0.3 is 10.8 Å². The molecule has 0 fully saturated rings. The Hall–Kier alpha value is -0.940. The zero-order valence-electron chi connectivity index (χ0n) is 7.21. The van der Waals surface area contributed by atoms with Gasteiger partial charge in [-0.15, -0.1) is 0 Å². The Morgan fingerprint density at radius 3 is 2.86 bits per heavy atom. The SMILES string of the molecule is N[C@@H](Cc1cccc(Br)c1F)C(=O)O. The molecule has 5 heteroatoms. The molecule has 0 amide bonds. The second-order valence-corrected chi connectivity index (χ2v) is 3.72. The molecule has 0 aromatic heterocycles. The van der Waals surface area contributed by atoms with Gasteiger partial charge in [0, 0.05) is 6.42 Å². The van der Waals surface area contributed by atoms with Crippen LogP contribution in [0.15, 0.2) is 22.7 Å². The van der Waals surface area contributed by atoms with Crippen molar-refractivity contribution in [1.29, 1.82) is 0 Å². The number of hydrogen-bond acceptors (Lipinski definition) is 2. The molecule has 1 atom stereocenters. The van der Waals surface area contributed by atoms with E-state index in [2.05, 4.69) is 15.9 Å². The molecule has 0 aliphatic carbocycles. The predicted molar refractivity (Wildman–Crippen MR) is 53.4 cm³/mol. The Labute approximate surface area is 88.9 Å². The molecule has 0 spiro atoms. The van der Waals surface area contributed by atoms with Crippen LogP contribution in [0.5, 0.6) is 0 Å². The van der Waals surface area contributed by atoms with Crippen molar-refractivity contribution in [2.75, 3.05) is 0 Å². The highest BCUT2D eigenvalue weighted by Gasteiger charge is 2.15. The van der Waals surface area contributed by atoms with Gasteiger partial charge in [-0.1, -0.05) is 12.1 Å². The molecular weight excluding hydrogens is 253 g/mol. The topological polar surface area (TPSA) is 63.3 Å². The van der Waals surface area contributed by atoms with Gasteiger partial charge in [-0.3, -0.25) is 4.79 Å². The first-order chi connectivity index (χ1) is 6.52. The molecule has 1 aromatic carbocycles. The summed E-state index contributed by atoms with van der Waals surface area (Å²) in [6.07, 6.45) is -0.0133. The molecule has 3 nitrogen and oxygen atoms in total. The van der Waals surface area contributed by atoms with Crippen LogP contribution >= 0.6 is 15.9 Å². The minimum absolute atomic E-state index is 0.0133. The first-order valence-corrected chi connectivity index (χ1v) is 4.73. The number of halogens is 2. The van der Waals surface area contributed by atoms with E-state index in [1.54, 1.807) is 12.1 Å². The maximum absolute atomic E-state index is 13.3. The third-order valence-electron chi connectivity index (χ3n) is 1.79. The molecular formula is C9H9BrFNO2. The van der Waals surface area contributed by atoms with E-state index in [9.17, 15) is 9.18 Å². The number of hydrogen-bond donors (Lipinski definition) is 2. The zero-order valence-corrected chi connectivity index (χ0v) is 8.79. The van der Waals surface area contributed by atoms with Gasteiger partial charge in [-0.2, -0.15) is 0 Å². The smallest absolute Gasteiger partial charge is 0.320 e. The summed E-state index contributed by atoms with van der Waals surface area (Å²) in [5.74, 6) is -1.59. The number of rotatable bonds is 3. The van der Waals surface area contributed by atoms with E-state index in [0.717, 1.165) is 0 Å². The first kappa shape index (κ1) is 11.1. The molecule has 1 rings (SSSR count). The van der Waals surface area contributed by atoms with Gasteiger partial charge in [0.2, 0.25) is 0 Å². The van der Waals surface area contributed by atoms with Crippen molar-refractivity contribution >= 4 is 21.9 Å². The number of nitrogens with two attached hydrogens (primary N) is 1. The van der Waals surface area contributed by atoms with Crippen LogP contribution < -0.4 is 5.73 Å². The van der Waals surface area contributed by atoms with Crippen molar-refractivity contribution in [1.82, 2.24) is 0 Å². The maximum Gasteiger partial charge on any atom is 0.320 e. The molecule has 0 aliphatic rings. The Morgan fingerprint density at radius 2 is 2.29 bits per heavy atom. The van der Waals surface area contributed by atoms with Crippen LogP contribution in [0.1, 0.15) is 5.56 Å². The Bertz CT molecular complexity index is 357. The lowest BCUT2D eigenvalue weighted by Gasteiger charge is -2.07. The average Bonchev–Trinajstić information content (AvgIpc) is 2.12. The highest BCUT2D eigenvalue weighted by atomic mass is 79.9. The molecule has 0 bridgehead atoms. The fourth-order valence-corrected chi connectivity index (χ4v) is 1.44. The maximum atomic E-state index is 13.3. The summed E-state index contributed by atoms with van der Waals surface area (Å²) >= 11 is 3.01. The minimum Gasteiger partial charge on any atom is -0.480 e. The largest absolute Gasteiger partial charge is 0.480 e. The summed E-state index contributed by atoms with van der Waals surface area (Å²) in [7, 11) is 0. The summed E-state index contributed by atoms with van der Waals surface area (Å²) in [6.45, 7) is 0. The van der Waals surface area contributed by atoms with E-state index in [0.29, 0.717) is 10.0 Å². The number of carbonyl (C=O) groups is 1. The molecule has 3 N–H and O–H groups in total. The van der Waals surface area contributed by atoms with E-state index in [1.807, 2.05) is 0 Å². The quantitative estimate of drug-likeness (QED) is 0.868. The van der Waals surface area contributed by atoms with Crippen molar-refractivity contribution in [3.63, 3.8) is 0 Å². The van der Waals surface area contributed by atoms with Gasteiger partial charge in [0.25, 0.3) is 0 Å². The Balaban J connectivity index is 2.87. The van der Waals surface area contributed by atoms with Crippen LogP contribution in [0.3, 0.4) is 0 Å². The zero-order chi connectivity index (χ0) is 10.7. The average molecular weight is 262 g/mol. The molecule has 14 heavy (non-hydrogen) atoms. The van der Waals surface area contributed by atoms with Crippen molar-refractivity contribution in [3.8, 4) is 0 Å². The minimum atomic E-state index is -1.13. The van der Waals surface area contributed by atoms with Crippen molar-refractivity contribution in [2.45, 2.75) is 12.5 Å². The molecule has 0 aliphatic heterocycles. The third kappa shape index (κ3) is 2.52. The third-order valence-corrected chi connectivity index (χ3v) is 2.40. The molecule has 1 aromatic rings. The summed E-state index contributed by atoms with van der Waals surface area (Å²) in [5.41, 5.74) is 5.59. The molecule has 0 unspecified atom stereocenters. The Morgan fingerprint density at radius 1 is 1.64 bits per heavy atom. The second-order valence-electron chi connectivity index (χ2n) is 2.86. The van der Waals surface area contributed by atoms with Crippen LogP contribution in [0, 0.1) is 5.82 Å². The van der Waals surface area contributed by atoms with Gasteiger partial charge in [0.15, 0.2) is 0 Å². The number of carboxylic acid groups (broad SMARTS) is 1. The van der Waals surface area contributed by atoms with Crippen molar-refractivity contribution in [3.05, 3.63) is 34.1 Å². The van der Waals surface area contributed by atoms with Gasteiger partial charge in [0.1, 0.15) is 11.9 Å². The van der Waals surface area contributed by atoms with Crippen LogP contribution in [0.4, 0.5) is 4.39 Å². The van der Waals surface area contributed by atoms with E-state index >= 15 is 0 Å². The van der Waals surface area contributed by atoms with Crippen molar-refractivity contribution in [2.24, 2.45) is 5.73 Å². The standard InChI is InChI=1S/C9H9BrFNO2/c10-6-3-1-2-5(8(6)11)4-7(12)9(13)14/h1-3,7H,4,12H2,(H,13,14)/t7-/m0/s1.